The lowest BCUT2D eigenvalue weighted by Gasteiger charge is -2.18. The summed E-state index contributed by atoms with van der Waals surface area (Å²) >= 11 is 6.75. The third-order valence-corrected chi connectivity index (χ3v) is 4.81. The predicted octanol–water partition coefficient (Wildman–Crippen LogP) is 4.52. The third-order valence-electron chi connectivity index (χ3n) is 3.83. The second kappa shape index (κ2) is 7.07. The molecule has 2 aromatic rings. The molecule has 3 rings (SSSR count). The number of fused-ring (bicyclic) bond motifs is 1. The van der Waals surface area contributed by atoms with Crippen LogP contribution >= 0.6 is 31.9 Å². The van der Waals surface area contributed by atoms with Gasteiger partial charge in [0.1, 0.15) is 5.75 Å². The van der Waals surface area contributed by atoms with Gasteiger partial charge in [-0.05, 0) is 55.3 Å². The molecule has 0 radical (unpaired) electrons. The Hall–Kier alpha value is -1.66. The van der Waals surface area contributed by atoms with E-state index in [4.69, 9.17) is 4.74 Å². The summed E-state index contributed by atoms with van der Waals surface area (Å²) in [6.45, 7) is 2.84. The number of anilines is 1. The Morgan fingerprint density at radius 2 is 1.75 bits per heavy atom. The maximum absolute atomic E-state index is 12.2. The molecule has 24 heavy (non-hydrogen) atoms. The fourth-order valence-corrected chi connectivity index (χ4v) is 3.60. The molecule has 0 N–H and O–H groups in total. The number of ether oxygens (including phenoxy) is 1. The average molecular weight is 453 g/mol. The predicted molar refractivity (Wildman–Crippen MR) is 99.8 cm³/mol. The summed E-state index contributed by atoms with van der Waals surface area (Å²) in [5.74, 6) is -0.124. The lowest BCUT2D eigenvalue weighted by molar-refractivity contribution is -0.114. The Labute approximate surface area is 157 Å². The topological polar surface area (TPSA) is 46.6 Å². The van der Waals surface area contributed by atoms with Crippen molar-refractivity contribution in [2.75, 3.05) is 18.1 Å². The van der Waals surface area contributed by atoms with Gasteiger partial charge in [-0.15, -0.1) is 0 Å². The third kappa shape index (κ3) is 3.39. The summed E-state index contributed by atoms with van der Waals surface area (Å²) in [6.07, 6.45) is 0.643. The van der Waals surface area contributed by atoms with Crippen molar-refractivity contribution in [2.24, 2.45) is 0 Å². The Balaban J connectivity index is 1.65. The summed E-state index contributed by atoms with van der Waals surface area (Å²) in [5, 5.41) is 0. The zero-order valence-electron chi connectivity index (χ0n) is 13.0. The summed E-state index contributed by atoms with van der Waals surface area (Å²) in [5.41, 5.74) is 2.10. The van der Waals surface area contributed by atoms with Gasteiger partial charge in [0.15, 0.2) is 0 Å². The van der Waals surface area contributed by atoms with Gasteiger partial charge >= 0.3 is 0 Å². The van der Waals surface area contributed by atoms with Gasteiger partial charge in [0.2, 0.25) is 0 Å². The van der Waals surface area contributed by atoms with Crippen molar-refractivity contribution in [3.8, 4) is 5.75 Å². The van der Waals surface area contributed by atoms with Crippen LogP contribution in [0.4, 0.5) is 5.69 Å². The molecule has 0 aliphatic carbocycles. The molecule has 6 heteroatoms. The van der Waals surface area contributed by atoms with Crippen LogP contribution in [0.2, 0.25) is 0 Å². The monoisotopic (exact) mass is 451 g/mol. The standard InChI is InChI=1S/C18H15Br2NO3/c1-11-9-13(20)10-15-16(11)21(18(23)17(15)22)7-2-8-24-14-5-3-12(19)4-6-14/h3-6,9-10H,2,7-8H2,1H3. The van der Waals surface area contributed by atoms with Crippen LogP contribution in [-0.4, -0.2) is 24.8 Å². The van der Waals surface area contributed by atoms with Crippen LogP contribution in [0.5, 0.6) is 5.75 Å². The molecule has 1 amide bonds. The number of halogens is 2. The molecule has 0 atom stereocenters. The molecule has 0 unspecified atom stereocenters. The van der Waals surface area contributed by atoms with Gasteiger partial charge in [-0.1, -0.05) is 31.9 Å². The van der Waals surface area contributed by atoms with Gasteiger partial charge in [-0.2, -0.15) is 0 Å². The molecule has 1 heterocycles. The molecule has 0 fully saturated rings. The zero-order valence-corrected chi connectivity index (χ0v) is 16.2. The van der Waals surface area contributed by atoms with Crippen molar-refractivity contribution in [1.82, 2.24) is 0 Å². The molecule has 0 saturated heterocycles. The highest BCUT2D eigenvalue weighted by molar-refractivity contribution is 9.10. The second-order valence-corrected chi connectivity index (χ2v) is 7.39. The van der Waals surface area contributed by atoms with Crippen molar-refractivity contribution in [2.45, 2.75) is 13.3 Å². The van der Waals surface area contributed by atoms with Gasteiger partial charge in [-0.3, -0.25) is 9.59 Å². The zero-order chi connectivity index (χ0) is 17.3. The van der Waals surface area contributed by atoms with Gasteiger partial charge in [-0.25, -0.2) is 0 Å². The number of rotatable bonds is 5. The lowest BCUT2D eigenvalue weighted by atomic mass is 10.1. The molecule has 4 nitrogen and oxygen atoms in total. The lowest BCUT2D eigenvalue weighted by Crippen LogP contribution is -2.31. The Kier molecular flexibility index (Phi) is 5.06. The number of carbonyl (C=O) groups excluding carboxylic acids is 2. The van der Waals surface area contributed by atoms with Gasteiger partial charge < -0.3 is 9.64 Å². The van der Waals surface area contributed by atoms with Crippen molar-refractivity contribution in [3.63, 3.8) is 0 Å². The quantitative estimate of drug-likeness (QED) is 0.495. The maximum atomic E-state index is 12.2. The molecule has 0 saturated carbocycles. The van der Waals surface area contributed by atoms with E-state index in [2.05, 4.69) is 31.9 Å². The highest BCUT2D eigenvalue weighted by Gasteiger charge is 2.36. The van der Waals surface area contributed by atoms with E-state index >= 15 is 0 Å². The molecule has 0 spiro atoms. The van der Waals surface area contributed by atoms with Crippen LogP contribution in [0.3, 0.4) is 0 Å². The van der Waals surface area contributed by atoms with Gasteiger partial charge in [0, 0.05) is 15.5 Å². The molecule has 0 bridgehead atoms. The fourth-order valence-electron chi connectivity index (χ4n) is 2.76. The van der Waals surface area contributed by atoms with Crippen molar-refractivity contribution in [1.29, 1.82) is 0 Å². The van der Waals surface area contributed by atoms with E-state index in [0.29, 0.717) is 25.1 Å². The van der Waals surface area contributed by atoms with Crippen LogP contribution in [0.15, 0.2) is 45.3 Å². The van der Waals surface area contributed by atoms with Crippen molar-refractivity contribution >= 4 is 49.2 Å². The number of nitrogens with zero attached hydrogens (tertiary/aromatic N) is 1. The van der Waals surface area contributed by atoms with E-state index in [1.165, 1.54) is 0 Å². The van der Waals surface area contributed by atoms with Crippen molar-refractivity contribution in [3.05, 3.63) is 56.5 Å². The van der Waals surface area contributed by atoms with E-state index < -0.39 is 11.7 Å². The number of hydrogen-bond acceptors (Lipinski definition) is 3. The highest BCUT2D eigenvalue weighted by atomic mass is 79.9. The number of aryl methyl sites for hydroxylation is 1. The number of hydrogen-bond donors (Lipinski definition) is 0. The number of amides is 1. The maximum Gasteiger partial charge on any atom is 0.299 e. The van der Waals surface area contributed by atoms with Gasteiger partial charge in [0.25, 0.3) is 11.7 Å². The molecular formula is C18H15Br2NO3. The molecule has 1 aliphatic heterocycles. The summed E-state index contributed by atoms with van der Waals surface area (Å²) in [7, 11) is 0. The fraction of sp³-hybridized carbons (Fsp3) is 0.222. The highest BCUT2D eigenvalue weighted by Crippen LogP contribution is 2.35. The summed E-state index contributed by atoms with van der Waals surface area (Å²) in [4.78, 5) is 26.0. The summed E-state index contributed by atoms with van der Waals surface area (Å²) in [6, 6.07) is 11.2. The number of carbonyl (C=O) groups is 2. The number of benzene rings is 2. The SMILES string of the molecule is Cc1cc(Br)cc2c1N(CCCOc1ccc(Br)cc1)C(=O)C2=O. The first-order valence-electron chi connectivity index (χ1n) is 7.52. The van der Waals surface area contributed by atoms with Crippen LogP contribution in [0.1, 0.15) is 22.3 Å². The molecule has 124 valence electrons. The first-order valence-corrected chi connectivity index (χ1v) is 9.10. The average Bonchev–Trinajstić information content (AvgIpc) is 2.78. The molecule has 1 aliphatic rings. The summed E-state index contributed by atoms with van der Waals surface area (Å²) < 4.78 is 7.47. The largest absolute Gasteiger partial charge is 0.494 e. The molecular weight excluding hydrogens is 438 g/mol. The first-order chi connectivity index (χ1) is 11.5. The number of Topliss-reactive ketones (excluding diaryl/α,β-unsaturated/α-hetero) is 1. The number of ketones is 1. The van der Waals surface area contributed by atoms with E-state index in [9.17, 15) is 9.59 Å². The first kappa shape index (κ1) is 17.2. The van der Waals surface area contributed by atoms with Crippen LogP contribution in [0, 0.1) is 6.92 Å². The minimum absolute atomic E-state index is 0.441. The molecule has 0 aromatic heterocycles. The van der Waals surface area contributed by atoms with Gasteiger partial charge in [0.05, 0.1) is 17.9 Å². The Bertz CT molecular complexity index is 803. The normalized spacial score (nSPS) is 13.4. The smallest absolute Gasteiger partial charge is 0.299 e. The van der Waals surface area contributed by atoms with Crippen molar-refractivity contribution < 1.29 is 14.3 Å². The minimum atomic E-state index is -0.463. The Morgan fingerprint density at radius 3 is 2.46 bits per heavy atom. The van der Waals surface area contributed by atoms with Crippen LogP contribution in [-0.2, 0) is 4.79 Å². The van der Waals surface area contributed by atoms with Crippen LogP contribution < -0.4 is 9.64 Å². The van der Waals surface area contributed by atoms with Crippen LogP contribution in [0.25, 0.3) is 0 Å². The van der Waals surface area contributed by atoms with E-state index in [1.807, 2.05) is 37.3 Å². The molecule has 2 aromatic carbocycles. The van der Waals surface area contributed by atoms with E-state index in [1.54, 1.807) is 11.0 Å². The Morgan fingerprint density at radius 1 is 1.04 bits per heavy atom. The second-order valence-electron chi connectivity index (χ2n) is 5.56. The van der Waals surface area contributed by atoms with E-state index in [-0.39, 0.29) is 0 Å². The van der Waals surface area contributed by atoms with E-state index in [0.717, 1.165) is 25.9 Å². The minimum Gasteiger partial charge on any atom is -0.494 e.